The highest BCUT2D eigenvalue weighted by atomic mass is 16.4. The van der Waals surface area contributed by atoms with Gasteiger partial charge < -0.3 is 9.32 Å². The number of rotatable bonds is 7. The first kappa shape index (κ1) is 27.9. The van der Waals surface area contributed by atoms with E-state index < -0.39 is 0 Å². The van der Waals surface area contributed by atoms with E-state index in [4.69, 9.17) is 4.42 Å². The zero-order valence-corrected chi connectivity index (χ0v) is 25.0. The summed E-state index contributed by atoms with van der Waals surface area (Å²) in [6.45, 7) is 8.72. The molecule has 4 nitrogen and oxygen atoms in total. The second-order valence-electron chi connectivity index (χ2n) is 11.8. The predicted octanol–water partition coefficient (Wildman–Crippen LogP) is 10.6. The third-order valence-electron chi connectivity index (χ3n) is 7.51. The van der Waals surface area contributed by atoms with Gasteiger partial charge in [0, 0.05) is 28.2 Å². The lowest BCUT2D eigenvalue weighted by Crippen LogP contribution is -2.10. The Hall–Kier alpha value is -5.22. The maximum Gasteiger partial charge on any atom is 0.248 e. The Morgan fingerprint density at radius 3 is 1.49 bits per heavy atom. The molecule has 1 aromatic heterocycles. The number of anilines is 3. The summed E-state index contributed by atoms with van der Waals surface area (Å²) in [4.78, 5) is 2.27. The van der Waals surface area contributed by atoms with E-state index in [0.717, 1.165) is 39.3 Å². The van der Waals surface area contributed by atoms with Gasteiger partial charge in [-0.05, 0) is 89.7 Å². The minimum Gasteiger partial charge on any atom is -0.416 e. The highest BCUT2D eigenvalue weighted by Crippen LogP contribution is 2.34. The van der Waals surface area contributed by atoms with Crippen LogP contribution in [0.25, 0.3) is 35.1 Å². The average Bonchev–Trinajstić information content (AvgIpc) is 3.53. The minimum atomic E-state index is 0.101. The standard InChI is InChI=1S/C39H35N3O/c1-28-10-24-35(25-11-28)42(34-8-6-5-7-9-34)36-26-16-30(17-27-36)13-12-29-14-18-31(19-15-29)37-40-41-38(43-37)32-20-22-33(23-21-32)39(2,3)4/h5-27H,1-4H3/b13-12+. The van der Waals surface area contributed by atoms with Gasteiger partial charge >= 0.3 is 0 Å². The molecule has 6 rings (SSSR count). The van der Waals surface area contributed by atoms with Crippen LogP contribution in [0.3, 0.4) is 0 Å². The van der Waals surface area contributed by atoms with E-state index in [2.05, 4.69) is 152 Å². The molecule has 0 aliphatic rings. The summed E-state index contributed by atoms with van der Waals surface area (Å²) in [6.07, 6.45) is 4.24. The van der Waals surface area contributed by atoms with Crippen LogP contribution >= 0.6 is 0 Å². The number of aryl methyl sites for hydroxylation is 1. The summed E-state index contributed by atoms with van der Waals surface area (Å²) < 4.78 is 6.01. The first-order chi connectivity index (χ1) is 20.8. The van der Waals surface area contributed by atoms with E-state index >= 15 is 0 Å². The van der Waals surface area contributed by atoms with Gasteiger partial charge in [-0.3, -0.25) is 0 Å². The third-order valence-corrected chi connectivity index (χ3v) is 7.51. The number of para-hydroxylation sites is 1. The van der Waals surface area contributed by atoms with Crippen molar-refractivity contribution in [2.75, 3.05) is 4.90 Å². The molecule has 0 fully saturated rings. The van der Waals surface area contributed by atoms with Crippen molar-refractivity contribution in [1.82, 2.24) is 10.2 Å². The van der Waals surface area contributed by atoms with Gasteiger partial charge in [0.15, 0.2) is 0 Å². The Bertz CT molecular complexity index is 1810. The van der Waals surface area contributed by atoms with Gasteiger partial charge in [0.25, 0.3) is 0 Å². The van der Waals surface area contributed by atoms with Crippen LogP contribution in [0.4, 0.5) is 17.1 Å². The fourth-order valence-electron chi connectivity index (χ4n) is 4.95. The quantitative estimate of drug-likeness (QED) is 0.182. The molecule has 0 spiro atoms. The van der Waals surface area contributed by atoms with Crippen molar-refractivity contribution in [3.05, 3.63) is 150 Å². The largest absolute Gasteiger partial charge is 0.416 e. The topological polar surface area (TPSA) is 42.2 Å². The zero-order valence-electron chi connectivity index (χ0n) is 25.0. The molecule has 0 radical (unpaired) electrons. The lowest BCUT2D eigenvalue weighted by Gasteiger charge is -2.25. The SMILES string of the molecule is Cc1ccc(N(c2ccccc2)c2ccc(/C=C/c3ccc(-c4nnc(-c5ccc(C(C)(C)C)cc5)o4)cc3)cc2)cc1. The molecule has 212 valence electrons. The van der Waals surface area contributed by atoms with Crippen molar-refractivity contribution < 1.29 is 4.42 Å². The Labute approximate surface area is 254 Å². The molecule has 4 heteroatoms. The monoisotopic (exact) mass is 561 g/mol. The Morgan fingerprint density at radius 1 is 0.535 bits per heavy atom. The molecule has 0 atom stereocenters. The van der Waals surface area contributed by atoms with Gasteiger partial charge in [0.1, 0.15) is 0 Å². The Morgan fingerprint density at radius 2 is 0.977 bits per heavy atom. The number of nitrogens with zero attached hydrogens (tertiary/aromatic N) is 3. The highest BCUT2D eigenvalue weighted by molar-refractivity contribution is 5.78. The maximum absolute atomic E-state index is 6.01. The van der Waals surface area contributed by atoms with Crippen molar-refractivity contribution in [2.45, 2.75) is 33.1 Å². The van der Waals surface area contributed by atoms with Crippen LogP contribution in [0.1, 0.15) is 43.0 Å². The van der Waals surface area contributed by atoms with Crippen LogP contribution in [-0.4, -0.2) is 10.2 Å². The molecular formula is C39H35N3O. The number of hydrogen-bond acceptors (Lipinski definition) is 4. The van der Waals surface area contributed by atoms with Gasteiger partial charge in [-0.1, -0.05) is 105 Å². The number of aromatic nitrogens is 2. The van der Waals surface area contributed by atoms with Crippen molar-refractivity contribution >= 4 is 29.2 Å². The van der Waals surface area contributed by atoms with Crippen LogP contribution < -0.4 is 4.90 Å². The summed E-state index contributed by atoms with van der Waals surface area (Å²) in [5.41, 5.74) is 10.0. The number of hydrogen-bond donors (Lipinski definition) is 0. The molecule has 0 aliphatic carbocycles. The maximum atomic E-state index is 6.01. The summed E-state index contributed by atoms with van der Waals surface area (Å²) >= 11 is 0. The molecule has 6 aromatic rings. The fraction of sp³-hybridized carbons (Fsp3) is 0.128. The molecule has 0 saturated heterocycles. The summed E-state index contributed by atoms with van der Waals surface area (Å²) in [7, 11) is 0. The molecule has 5 aromatic carbocycles. The molecule has 43 heavy (non-hydrogen) atoms. The average molecular weight is 562 g/mol. The lowest BCUT2D eigenvalue weighted by molar-refractivity contribution is 0.582. The smallest absolute Gasteiger partial charge is 0.248 e. The van der Waals surface area contributed by atoms with Gasteiger partial charge in [0.05, 0.1) is 0 Å². The van der Waals surface area contributed by atoms with E-state index in [1.807, 2.05) is 30.3 Å². The normalized spacial score (nSPS) is 11.6. The second-order valence-corrected chi connectivity index (χ2v) is 11.8. The van der Waals surface area contributed by atoms with Crippen molar-refractivity contribution in [2.24, 2.45) is 0 Å². The summed E-state index contributed by atoms with van der Waals surface area (Å²) in [6, 6.07) is 44.2. The van der Waals surface area contributed by atoms with E-state index in [1.165, 1.54) is 11.1 Å². The lowest BCUT2D eigenvalue weighted by atomic mass is 9.87. The molecule has 0 N–H and O–H groups in total. The Kier molecular flexibility index (Phi) is 7.76. The van der Waals surface area contributed by atoms with E-state index in [1.54, 1.807) is 0 Å². The van der Waals surface area contributed by atoms with Crippen LogP contribution in [0.15, 0.2) is 132 Å². The first-order valence-corrected chi connectivity index (χ1v) is 14.6. The second kappa shape index (κ2) is 11.9. The molecule has 0 bridgehead atoms. The van der Waals surface area contributed by atoms with Crippen LogP contribution in [0.5, 0.6) is 0 Å². The molecule has 0 amide bonds. The van der Waals surface area contributed by atoms with Crippen molar-refractivity contribution in [3.8, 4) is 22.9 Å². The first-order valence-electron chi connectivity index (χ1n) is 14.6. The highest BCUT2D eigenvalue weighted by Gasteiger charge is 2.15. The molecule has 0 saturated carbocycles. The van der Waals surface area contributed by atoms with E-state index in [-0.39, 0.29) is 5.41 Å². The zero-order chi connectivity index (χ0) is 29.8. The minimum absolute atomic E-state index is 0.101. The van der Waals surface area contributed by atoms with Crippen LogP contribution in [0, 0.1) is 6.92 Å². The van der Waals surface area contributed by atoms with Gasteiger partial charge in [-0.2, -0.15) is 0 Å². The van der Waals surface area contributed by atoms with Crippen molar-refractivity contribution in [3.63, 3.8) is 0 Å². The molecule has 1 heterocycles. The van der Waals surface area contributed by atoms with Crippen molar-refractivity contribution in [1.29, 1.82) is 0 Å². The van der Waals surface area contributed by atoms with Gasteiger partial charge in [0.2, 0.25) is 11.8 Å². The Balaban J connectivity index is 1.15. The molecular weight excluding hydrogens is 526 g/mol. The third kappa shape index (κ3) is 6.49. The summed E-state index contributed by atoms with van der Waals surface area (Å²) in [5, 5.41) is 8.57. The van der Waals surface area contributed by atoms with Crippen LogP contribution in [-0.2, 0) is 5.41 Å². The fourth-order valence-corrected chi connectivity index (χ4v) is 4.95. The van der Waals surface area contributed by atoms with E-state index in [0.29, 0.717) is 11.8 Å². The predicted molar refractivity (Wildman–Crippen MR) is 179 cm³/mol. The summed E-state index contributed by atoms with van der Waals surface area (Å²) in [5.74, 6) is 1.04. The molecule has 0 aliphatic heterocycles. The molecule has 0 unspecified atom stereocenters. The van der Waals surface area contributed by atoms with Gasteiger partial charge in [-0.15, -0.1) is 10.2 Å². The van der Waals surface area contributed by atoms with E-state index in [9.17, 15) is 0 Å². The van der Waals surface area contributed by atoms with Crippen LogP contribution in [0.2, 0.25) is 0 Å². The number of benzene rings is 5. The van der Waals surface area contributed by atoms with Gasteiger partial charge in [-0.25, -0.2) is 0 Å².